The first-order valence-electron chi connectivity index (χ1n) is 5.44. The van der Waals surface area contributed by atoms with E-state index < -0.39 is 0 Å². The van der Waals surface area contributed by atoms with Gasteiger partial charge in [-0.15, -0.1) is 35.7 Å². The van der Waals surface area contributed by atoms with Crippen LogP contribution in [0.3, 0.4) is 0 Å². The topological polar surface area (TPSA) is 0 Å². The van der Waals surface area contributed by atoms with Crippen LogP contribution >= 0.6 is 0 Å². The highest BCUT2D eigenvalue weighted by Gasteiger charge is 2.02. The smallest absolute Gasteiger partial charge is 0.102 e. The highest BCUT2D eigenvalue weighted by molar-refractivity contribution is 5.63. The van der Waals surface area contributed by atoms with Gasteiger partial charge in [0.05, 0.1) is 0 Å². The molecule has 2 aromatic rings. The second kappa shape index (κ2) is 2.98. The molecule has 0 heterocycles. The van der Waals surface area contributed by atoms with Gasteiger partial charge in [0.1, 0.15) is 5.22 Å². The van der Waals surface area contributed by atoms with E-state index in [2.05, 4.69) is 6.42 Å². The van der Waals surface area contributed by atoms with Crippen molar-refractivity contribution in [3.63, 3.8) is 0 Å². The van der Waals surface area contributed by atoms with Gasteiger partial charge < -0.3 is 0 Å². The average Bonchev–Trinajstić information content (AvgIpc) is 2.29. The fourth-order valence-electron chi connectivity index (χ4n) is 1.89. The molecule has 2 aromatic carbocycles. The molecule has 0 saturated carbocycles. The molecule has 0 fully saturated rings. The molecule has 0 atom stereocenters. The van der Waals surface area contributed by atoms with Crippen LogP contribution in [0.5, 0.6) is 0 Å². The summed E-state index contributed by atoms with van der Waals surface area (Å²) in [6.07, 6.45) is 2.08. The minimum absolute atomic E-state index is 0.520. The Bertz CT molecular complexity index is 668. The lowest BCUT2D eigenvalue weighted by Gasteiger charge is -2.19. The largest absolute Gasteiger partial charge is 0.125 e. The molecular formula is C15H10. The normalized spacial score (nSPS) is 13.5. The fourth-order valence-corrected chi connectivity index (χ4v) is 1.89. The third-order valence-electron chi connectivity index (χ3n) is 2.66. The summed E-state index contributed by atoms with van der Waals surface area (Å²) >= 11 is 0. The second-order valence-corrected chi connectivity index (χ2v) is 3.67. The number of rotatable bonds is 0. The zero-order chi connectivity index (χ0) is 11.1. The summed E-state index contributed by atoms with van der Waals surface area (Å²) in [4.78, 5) is 0. The summed E-state index contributed by atoms with van der Waals surface area (Å²) in [5, 5.41) is 1.52. The molecule has 0 nitrogen and oxygen atoms in total. The van der Waals surface area contributed by atoms with Gasteiger partial charge in [-0.3, -0.25) is 0 Å². The zero-order valence-corrected chi connectivity index (χ0v) is 8.20. The molecule has 3 rings (SSSR count). The Morgan fingerprint density at radius 1 is 1.00 bits per heavy atom. The molecule has 0 unspecified atom stereocenters. The van der Waals surface area contributed by atoms with Crippen LogP contribution < -0.4 is 10.4 Å². The molecule has 0 saturated heterocycles. The summed E-state index contributed by atoms with van der Waals surface area (Å²) in [5.74, 6) is 0. The molecule has 15 heavy (non-hydrogen) atoms. The van der Waals surface area contributed by atoms with E-state index in [1.54, 1.807) is 0 Å². The van der Waals surface area contributed by atoms with E-state index in [1.165, 1.54) is 0 Å². The maximum Gasteiger partial charge on any atom is 0.102 e. The number of hydrogen-bond donors (Lipinski definition) is 0. The molecule has 0 radical (unpaired) electrons. The average molecular weight is 191 g/mol. The van der Waals surface area contributed by atoms with Crippen molar-refractivity contribution in [1.82, 2.24) is 0 Å². The lowest BCUT2D eigenvalue weighted by atomic mass is 9.92. The van der Waals surface area contributed by atoms with Crippen molar-refractivity contribution in [3.05, 3.63) is 76.0 Å². The van der Waals surface area contributed by atoms with Gasteiger partial charge in [0.2, 0.25) is 0 Å². The minimum Gasteiger partial charge on any atom is -0.125 e. The van der Waals surface area contributed by atoms with Crippen LogP contribution in [0.25, 0.3) is 12.6 Å². The van der Waals surface area contributed by atoms with E-state index >= 15 is 0 Å². The summed E-state index contributed by atoms with van der Waals surface area (Å²) in [7, 11) is 0. The molecule has 1 aliphatic carbocycles. The molecule has 0 spiro atoms. The van der Waals surface area contributed by atoms with E-state index in [0.29, 0.717) is 11.3 Å². The van der Waals surface area contributed by atoms with Gasteiger partial charge in [0.25, 0.3) is 0 Å². The monoisotopic (exact) mass is 191 g/mol. The van der Waals surface area contributed by atoms with Crippen molar-refractivity contribution in [3.8, 4) is 0 Å². The first-order chi connectivity index (χ1) is 7.77. The molecule has 0 amide bonds. The van der Waals surface area contributed by atoms with Gasteiger partial charge in [-0.25, -0.2) is 0 Å². The molecule has 70 valence electrons. The fraction of sp³-hybridized carbons (Fsp3) is 0. The molecule has 0 aromatic heterocycles. The van der Waals surface area contributed by atoms with Gasteiger partial charge in [0, 0.05) is 7.44 Å². The predicted octanol–water partition coefficient (Wildman–Crippen LogP) is 1.72. The summed E-state index contributed by atoms with van der Waals surface area (Å²) in [6, 6.07) is 14.2. The van der Waals surface area contributed by atoms with Crippen LogP contribution in [-0.4, -0.2) is 0 Å². The summed E-state index contributed by atoms with van der Waals surface area (Å²) in [6.45, 7) is 5.93. The zero-order valence-electron chi connectivity index (χ0n) is 9.20. The van der Waals surface area contributed by atoms with Crippen molar-refractivity contribution < 1.29 is 1.37 Å². The highest BCUT2D eigenvalue weighted by atomic mass is 14.1. The third kappa shape index (κ3) is 1.24. The minimum atomic E-state index is 0.520. The standard InChI is InChI=1S/C15H10/c1-11-5-4-8-14-9-12-6-2-3-7-13(12)10-15(11)14/h1-10H/i10D. The quantitative estimate of drug-likeness (QED) is 0.556. The molecular weight excluding hydrogens is 180 g/mol. The Kier molecular flexibility index (Phi) is 1.45. The first kappa shape index (κ1) is 7.28. The predicted molar refractivity (Wildman–Crippen MR) is 62.7 cm³/mol. The van der Waals surface area contributed by atoms with Gasteiger partial charge in [-0.1, -0.05) is 23.8 Å². The van der Waals surface area contributed by atoms with Crippen LogP contribution in [-0.2, 0) is 0 Å². The van der Waals surface area contributed by atoms with E-state index in [4.69, 9.17) is 7.95 Å². The van der Waals surface area contributed by atoms with Gasteiger partial charge >= 0.3 is 0 Å². The van der Waals surface area contributed by atoms with E-state index in [0.717, 1.165) is 21.9 Å². The Labute approximate surface area is 90.6 Å². The van der Waals surface area contributed by atoms with Crippen molar-refractivity contribution in [2.45, 2.75) is 0 Å². The summed E-state index contributed by atoms with van der Waals surface area (Å²) in [5.41, 5.74) is 3.07. The van der Waals surface area contributed by atoms with E-state index in [1.807, 2.05) is 42.5 Å². The van der Waals surface area contributed by atoms with Crippen molar-refractivity contribution >= 4 is 12.6 Å². The number of benzene rings is 2. The number of fused-ring (bicyclic) bond motifs is 2. The Balaban J connectivity index is 2.49. The molecule has 0 N–H and O–H groups in total. The summed E-state index contributed by atoms with van der Waals surface area (Å²) < 4.78 is 8.19. The van der Waals surface area contributed by atoms with Crippen LogP contribution in [0.15, 0.2) is 42.5 Å². The Hall–Kier alpha value is -2.04. The van der Waals surface area contributed by atoms with Gasteiger partial charge in [-0.2, -0.15) is 0 Å². The van der Waals surface area contributed by atoms with Crippen LogP contribution in [0.4, 0.5) is 0 Å². The Morgan fingerprint density at radius 2 is 1.80 bits per heavy atom. The maximum atomic E-state index is 8.19. The maximum absolute atomic E-state index is 8.19. The molecule has 0 aliphatic heterocycles. The van der Waals surface area contributed by atoms with Crippen LogP contribution in [0.1, 0.15) is 18.1 Å². The van der Waals surface area contributed by atoms with Crippen molar-refractivity contribution in [2.75, 3.05) is 0 Å². The van der Waals surface area contributed by atoms with Crippen molar-refractivity contribution in [2.24, 2.45) is 0 Å². The van der Waals surface area contributed by atoms with Crippen molar-refractivity contribution in [1.29, 1.82) is 0 Å². The molecule has 0 bridgehead atoms. The molecule has 0 heteroatoms. The van der Waals surface area contributed by atoms with E-state index in [9.17, 15) is 0 Å². The SMILES string of the molecule is [2H]C1=c2c(cccc2=[CH+])[CH-]c2ccccc21. The third-order valence-corrected chi connectivity index (χ3v) is 2.66. The highest BCUT2D eigenvalue weighted by Crippen LogP contribution is 2.17. The van der Waals surface area contributed by atoms with Crippen LogP contribution in [0.2, 0.25) is 0 Å². The second-order valence-electron chi connectivity index (χ2n) is 3.67. The van der Waals surface area contributed by atoms with Gasteiger partial charge in [-0.05, 0) is 17.9 Å². The van der Waals surface area contributed by atoms with E-state index in [-0.39, 0.29) is 0 Å². The molecule has 1 aliphatic rings. The first-order valence-corrected chi connectivity index (χ1v) is 4.94. The Morgan fingerprint density at radius 3 is 2.73 bits per heavy atom. The lowest BCUT2D eigenvalue weighted by molar-refractivity contribution is 1.32. The van der Waals surface area contributed by atoms with Crippen LogP contribution in [0, 0.1) is 6.42 Å². The number of hydrogen-bond acceptors (Lipinski definition) is 0. The lowest BCUT2D eigenvalue weighted by Crippen LogP contribution is -2.28. The van der Waals surface area contributed by atoms with Gasteiger partial charge in [0.15, 0.2) is 0 Å².